The zero-order chi connectivity index (χ0) is 17.0. The van der Waals surface area contributed by atoms with Crippen LogP contribution >= 0.6 is 0 Å². The number of nitrogens with zero attached hydrogens (tertiary/aromatic N) is 3. The molecule has 1 aliphatic heterocycles. The molecule has 0 spiro atoms. The third-order valence-electron chi connectivity index (χ3n) is 4.52. The van der Waals surface area contributed by atoms with Crippen LogP contribution in [-0.4, -0.2) is 42.9 Å². The summed E-state index contributed by atoms with van der Waals surface area (Å²) in [7, 11) is 0. The zero-order valence-electron chi connectivity index (χ0n) is 13.2. The molecule has 0 bridgehead atoms. The second-order valence-electron chi connectivity index (χ2n) is 5.96. The van der Waals surface area contributed by atoms with E-state index in [0.717, 1.165) is 0 Å². The highest BCUT2D eigenvalue weighted by atomic mass is 19.1. The molecule has 3 heterocycles. The summed E-state index contributed by atoms with van der Waals surface area (Å²) in [6.07, 6.45) is 0.663. The van der Waals surface area contributed by atoms with Crippen LogP contribution in [0.1, 0.15) is 33.9 Å². The maximum Gasteiger partial charge on any atom is 0.303 e. The molecule has 124 valence electrons. The molecule has 0 radical (unpaired) electrons. The van der Waals surface area contributed by atoms with Gasteiger partial charge in [0.25, 0.3) is 5.56 Å². The van der Waals surface area contributed by atoms with Crippen LogP contribution in [-0.2, 0) is 14.3 Å². The fourth-order valence-corrected chi connectivity index (χ4v) is 2.94. The fourth-order valence-electron chi connectivity index (χ4n) is 2.94. The molecule has 0 saturated carbocycles. The molecule has 2 aromatic heterocycles. The molecule has 2 unspecified atom stereocenters. The van der Waals surface area contributed by atoms with E-state index in [-0.39, 0.29) is 11.2 Å². The number of fused-ring (bicyclic) bond motifs is 1. The Labute approximate surface area is 130 Å². The van der Waals surface area contributed by atoms with Crippen LogP contribution in [0.25, 0.3) is 11.2 Å². The van der Waals surface area contributed by atoms with Crippen molar-refractivity contribution in [3.05, 3.63) is 23.0 Å². The number of ether oxygens (including phenoxy) is 2. The Bertz CT molecular complexity index is 830. The van der Waals surface area contributed by atoms with Crippen molar-refractivity contribution >= 4 is 17.1 Å². The van der Waals surface area contributed by atoms with E-state index in [4.69, 9.17) is 9.47 Å². The first-order valence-corrected chi connectivity index (χ1v) is 7.12. The first-order chi connectivity index (χ1) is 10.7. The third-order valence-corrected chi connectivity index (χ3v) is 4.52. The lowest BCUT2D eigenvalue weighted by Crippen LogP contribution is -2.53. The predicted molar refractivity (Wildman–Crippen MR) is 77.4 cm³/mol. The van der Waals surface area contributed by atoms with Crippen molar-refractivity contribution in [2.75, 3.05) is 0 Å². The number of rotatable bonds is 2. The first kappa shape index (κ1) is 15.6. The molecule has 9 heteroatoms. The SMILES string of the molecule is CC(=O)OC1(C)[C@@H](C)OC(n2cnc3c(=O)[nH]cnc32)[C@]1(C)F. The molecule has 8 nitrogen and oxygen atoms in total. The highest BCUT2D eigenvalue weighted by Crippen LogP contribution is 2.50. The van der Waals surface area contributed by atoms with Crippen molar-refractivity contribution in [3.8, 4) is 0 Å². The van der Waals surface area contributed by atoms with Crippen molar-refractivity contribution < 1.29 is 18.7 Å². The highest BCUT2D eigenvalue weighted by Gasteiger charge is 2.65. The molecule has 2 aromatic rings. The normalized spacial score (nSPS) is 34.0. The van der Waals surface area contributed by atoms with Gasteiger partial charge in [-0.05, 0) is 20.8 Å². The van der Waals surface area contributed by atoms with Gasteiger partial charge in [0, 0.05) is 6.92 Å². The Hall–Kier alpha value is -2.29. The minimum Gasteiger partial charge on any atom is -0.453 e. The van der Waals surface area contributed by atoms with Crippen molar-refractivity contribution in [1.29, 1.82) is 0 Å². The summed E-state index contributed by atoms with van der Waals surface area (Å²) in [5.41, 5.74) is -3.69. The number of alkyl halides is 1. The van der Waals surface area contributed by atoms with Gasteiger partial charge in [0.15, 0.2) is 28.7 Å². The predicted octanol–water partition coefficient (Wildman–Crippen LogP) is 1.09. The molecule has 1 fully saturated rings. The number of carbonyl (C=O) groups is 1. The van der Waals surface area contributed by atoms with Crippen LogP contribution in [0.2, 0.25) is 0 Å². The first-order valence-electron chi connectivity index (χ1n) is 7.12. The lowest BCUT2D eigenvalue weighted by Gasteiger charge is -2.36. The summed E-state index contributed by atoms with van der Waals surface area (Å²) < 4.78 is 27.8. The zero-order valence-corrected chi connectivity index (χ0v) is 13.2. The van der Waals surface area contributed by atoms with Crippen molar-refractivity contribution in [2.24, 2.45) is 0 Å². The van der Waals surface area contributed by atoms with Crippen LogP contribution in [0.15, 0.2) is 17.4 Å². The van der Waals surface area contributed by atoms with E-state index in [1.165, 1.54) is 38.0 Å². The quantitative estimate of drug-likeness (QED) is 0.830. The van der Waals surface area contributed by atoms with Crippen LogP contribution in [0, 0.1) is 0 Å². The van der Waals surface area contributed by atoms with E-state index in [2.05, 4.69) is 15.0 Å². The lowest BCUT2D eigenvalue weighted by atomic mass is 9.84. The summed E-state index contributed by atoms with van der Waals surface area (Å²) >= 11 is 0. The molecule has 3 rings (SSSR count). The highest BCUT2D eigenvalue weighted by molar-refractivity contribution is 5.69. The number of aromatic nitrogens is 4. The topological polar surface area (TPSA) is 99.1 Å². The molecule has 0 amide bonds. The lowest BCUT2D eigenvalue weighted by molar-refractivity contribution is -0.172. The summed E-state index contributed by atoms with van der Waals surface area (Å²) in [6, 6.07) is 0. The van der Waals surface area contributed by atoms with Gasteiger partial charge < -0.3 is 14.5 Å². The summed E-state index contributed by atoms with van der Waals surface area (Å²) in [5.74, 6) is -0.600. The van der Waals surface area contributed by atoms with E-state index in [1.807, 2.05) is 0 Å². The third kappa shape index (κ3) is 2.07. The molecule has 1 saturated heterocycles. The number of carbonyl (C=O) groups excluding carboxylic acids is 1. The molecule has 23 heavy (non-hydrogen) atoms. The number of hydrogen-bond acceptors (Lipinski definition) is 6. The molecule has 1 aliphatic rings. The molecule has 0 aromatic carbocycles. The maximum absolute atomic E-state index is 15.6. The Morgan fingerprint density at radius 3 is 2.83 bits per heavy atom. The van der Waals surface area contributed by atoms with Crippen LogP contribution in [0.5, 0.6) is 0 Å². The van der Waals surface area contributed by atoms with Gasteiger partial charge in [0.2, 0.25) is 0 Å². The van der Waals surface area contributed by atoms with E-state index in [0.29, 0.717) is 0 Å². The summed E-state index contributed by atoms with van der Waals surface area (Å²) in [4.78, 5) is 33.5. The van der Waals surface area contributed by atoms with E-state index in [1.54, 1.807) is 6.92 Å². The largest absolute Gasteiger partial charge is 0.453 e. The van der Waals surface area contributed by atoms with Gasteiger partial charge in [-0.2, -0.15) is 0 Å². The minimum absolute atomic E-state index is 0.0839. The number of H-pyrrole nitrogens is 1. The van der Waals surface area contributed by atoms with E-state index >= 15 is 4.39 Å². The molecular weight excluding hydrogens is 307 g/mol. The smallest absolute Gasteiger partial charge is 0.303 e. The molecule has 0 aliphatic carbocycles. The van der Waals surface area contributed by atoms with Crippen molar-refractivity contribution in [3.63, 3.8) is 0 Å². The maximum atomic E-state index is 15.6. The average molecular weight is 324 g/mol. The van der Waals surface area contributed by atoms with Crippen LogP contribution in [0.3, 0.4) is 0 Å². The molecular formula is C14H17FN4O4. The number of imidazole rings is 1. The van der Waals surface area contributed by atoms with Crippen LogP contribution < -0.4 is 5.56 Å². The molecule has 1 N–H and O–H groups in total. The van der Waals surface area contributed by atoms with Crippen molar-refractivity contribution in [2.45, 2.75) is 51.3 Å². The number of nitrogens with one attached hydrogen (secondary N) is 1. The van der Waals surface area contributed by atoms with Gasteiger partial charge in [-0.25, -0.2) is 14.4 Å². The van der Waals surface area contributed by atoms with E-state index < -0.39 is 35.1 Å². The van der Waals surface area contributed by atoms with Gasteiger partial charge >= 0.3 is 5.97 Å². The second kappa shape index (κ2) is 4.85. The second-order valence-corrected chi connectivity index (χ2v) is 5.96. The number of aromatic amines is 1. The monoisotopic (exact) mass is 324 g/mol. The Kier molecular flexibility index (Phi) is 3.29. The van der Waals surface area contributed by atoms with Crippen molar-refractivity contribution in [1.82, 2.24) is 19.5 Å². The van der Waals surface area contributed by atoms with Gasteiger partial charge in [-0.15, -0.1) is 0 Å². The van der Waals surface area contributed by atoms with Gasteiger partial charge in [0.05, 0.1) is 12.7 Å². The molecule has 4 atom stereocenters. The number of halogens is 1. The standard InChI is InChI=1S/C14H17FN4O4/c1-7-14(4,23-8(2)20)13(3,15)12(22-7)19-6-18-9-10(19)16-5-17-11(9)21/h5-7,12H,1-4H3,(H,16,17,21)/t7-,12?,13+,14?/m1/s1. The average Bonchev–Trinajstić information content (AvgIpc) is 2.94. The minimum atomic E-state index is -2.06. The van der Waals surface area contributed by atoms with Gasteiger partial charge in [0.1, 0.15) is 6.10 Å². The van der Waals surface area contributed by atoms with Gasteiger partial charge in [-0.3, -0.25) is 14.2 Å². The fraction of sp³-hybridized carbons (Fsp3) is 0.571. The van der Waals surface area contributed by atoms with Gasteiger partial charge in [-0.1, -0.05) is 0 Å². The summed E-state index contributed by atoms with van der Waals surface area (Å²) in [5, 5.41) is 0. The van der Waals surface area contributed by atoms with Crippen LogP contribution in [0.4, 0.5) is 4.39 Å². The van der Waals surface area contributed by atoms with E-state index in [9.17, 15) is 9.59 Å². The Balaban J connectivity index is 2.12. The summed E-state index contributed by atoms with van der Waals surface area (Å²) in [6.45, 7) is 5.62. The number of esters is 1. The number of hydrogen-bond donors (Lipinski definition) is 1. The Morgan fingerprint density at radius 2 is 2.17 bits per heavy atom. The Morgan fingerprint density at radius 1 is 1.48 bits per heavy atom.